The van der Waals surface area contributed by atoms with Crippen molar-refractivity contribution < 1.29 is 9.53 Å². The molecule has 1 atom stereocenters. The van der Waals surface area contributed by atoms with Gasteiger partial charge in [0, 0.05) is 12.8 Å². The van der Waals surface area contributed by atoms with Crippen molar-refractivity contribution in [2.45, 2.75) is 25.4 Å². The Balaban J connectivity index is 2.16. The molecule has 0 bridgehead atoms. The van der Waals surface area contributed by atoms with Gasteiger partial charge >= 0.3 is 0 Å². The van der Waals surface area contributed by atoms with E-state index in [1.807, 2.05) is 25.1 Å². The normalized spacial score (nSPS) is 24.4. The molecule has 1 heterocycles. The minimum atomic E-state index is -0.476. The number of ketones is 1. The molecule has 0 amide bonds. The quantitative estimate of drug-likeness (QED) is 0.763. The van der Waals surface area contributed by atoms with Crippen molar-refractivity contribution >= 4 is 16.6 Å². The van der Waals surface area contributed by atoms with Gasteiger partial charge in [-0.15, -0.1) is 0 Å². The lowest BCUT2D eigenvalue weighted by Crippen LogP contribution is -2.35. The molecule has 0 N–H and O–H groups in total. The van der Waals surface area contributed by atoms with E-state index in [-0.39, 0.29) is 5.78 Å². The van der Waals surface area contributed by atoms with Gasteiger partial charge in [-0.25, -0.2) is 0 Å². The van der Waals surface area contributed by atoms with Gasteiger partial charge in [0.05, 0.1) is 12.2 Å². The first kappa shape index (κ1) is 11.4. The van der Waals surface area contributed by atoms with Gasteiger partial charge in [0.2, 0.25) is 0 Å². The maximum Gasteiger partial charge on any atom is 0.138 e. The van der Waals surface area contributed by atoms with Crippen LogP contribution in [0.2, 0.25) is 0 Å². The molecule has 92 valence electrons. The first-order valence-electron chi connectivity index (χ1n) is 6.33. The lowest BCUT2D eigenvalue weighted by Gasteiger charge is -2.34. The third kappa shape index (κ3) is 1.83. The zero-order chi connectivity index (χ0) is 12.6. The van der Waals surface area contributed by atoms with Gasteiger partial charge in [-0.2, -0.15) is 0 Å². The first-order valence-corrected chi connectivity index (χ1v) is 6.33. The van der Waals surface area contributed by atoms with Crippen LogP contribution in [0.4, 0.5) is 0 Å². The lowest BCUT2D eigenvalue weighted by molar-refractivity contribution is -0.138. The van der Waals surface area contributed by atoms with Crippen molar-refractivity contribution in [3.63, 3.8) is 0 Å². The molecular weight excluding hydrogens is 224 g/mol. The van der Waals surface area contributed by atoms with Crippen LogP contribution in [0.15, 0.2) is 42.5 Å². The topological polar surface area (TPSA) is 26.3 Å². The summed E-state index contributed by atoms with van der Waals surface area (Å²) < 4.78 is 5.91. The summed E-state index contributed by atoms with van der Waals surface area (Å²) in [7, 11) is 0. The van der Waals surface area contributed by atoms with Gasteiger partial charge in [0.25, 0.3) is 0 Å². The fraction of sp³-hybridized carbons (Fsp3) is 0.312. The van der Waals surface area contributed by atoms with Crippen molar-refractivity contribution in [2.24, 2.45) is 0 Å². The number of fused-ring (bicyclic) bond motifs is 1. The summed E-state index contributed by atoms with van der Waals surface area (Å²) >= 11 is 0. The fourth-order valence-electron chi connectivity index (χ4n) is 2.77. The molecule has 18 heavy (non-hydrogen) atoms. The predicted molar refractivity (Wildman–Crippen MR) is 71.5 cm³/mol. The maximum atomic E-state index is 11.7. The van der Waals surface area contributed by atoms with Crippen molar-refractivity contribution in [3.05, 3.63) is 48.0 Å². The van der Waals surface area contributed by atoms with Crippen molar-refractivity contribution in [3.8, 4) is 0 Å². The van der Waals surface area contributed by atoms with E-state index in [9.17, 15) is 4.79 Å². The van der Waals surface area contributed by atoms with E-state index in [0.717, 1.165) is 5.56 Å². The fourth-order valence-corrected chi connectivity index (χ4v) is 2.77. The molecular formula is C16H16O2. The van der Waals surface area contributed by atoms with E-state index in [1.54, 1.807) is 0 Å². The van der Waals surface area contributed by atoms with Gasteiger partial charge in [-0.3, -0.25) is 4.79 Å². The summed E-state index contributed by atoms with van der Waals surface area (Å²) in [5, 5.41) is 2.37. The smallest absolute Gasteiger partial charge is 0.138 e. The highest BCUT2D eigenvalue weighted by molar-refractivity contribution is 5.88. The number of hydrogen-bond donors (Lipinski definition) is 0. The highest BCUT2D eigenvalue weighted by Gasteiger charge is 2.34. The van der Waals surface area contributed by atoms with E-state index < -0.39 is 5.60 Å². The standard InChI is InChI=1S/C16H16O2/c1-16(11-13(17)9-10-18-16)15-8-4-6-12-5-2-3-7-14(12)15/h2-8H,9-11H2,1H3. The van der Waals surface area contributed by atoms with Crippen LogP contribution in [0.5, 0.6) is 0 Å². The lowest BCUT2D eigenvalue weighted by atomic mass is 9.85. The number of ether oxygens (including phenoxy) is 1. The van der Waals surface area contributed by atoms with Crippen LogP contribution in [0, 0.1) is 0 Å². The van der Waals surface area contributed by atoms with Crippen molar-refractivity contribution in [2.75, 3.05) is 6.61 Å². The Labute approximate surface area is 107 Å². The zero-order valence-electron chi connectivity index (χ0n) is 10.5. The number of rotatable bonds is 1. The summed E-state index contributed by atoms with van der Waals surface area (Å²) in [5.41, 5.74) is 0.643. The van der Waals surface area contributed by atoms with Crippen molar-refractivity contribution in [1.29, 1.82) is 0 Å². The molecule has 0 aromatic heterocycles. The molecule has 1 saturated heterocycles. The van der Waals surface area contributed by atoms with E-state index in [1.165, 1.54) is 10.8 Å². The van der Waals surface area contributed by atoms with E-state index in [0.29, 0.717) is 19.4 Å². The summed E-state index contributed by atoms with van der Waals surface area (Å²) in [5.74, 6) is 0.289. The van der Waals surface area contributed by atoms with Gasteiger partial charge in [-0.05, 0) is 23.3 Å². The Kier molecular flexibility index (Phi) is 2.67. The summed E-state index contributed by atoms with van der Waals surface area (Å²) in [6.45, 7) is 2.55. The first-order chi connectivity index (χ1) is 8.69. The third-order valence-electron chi connectivity index (χ3n) is 3.70. The minimum absolute atomic E-state index is 0.289. The average Bonchev–Trinajstić information content (AvgIpc) is 2.38. The molecule has 1 unspecified atom stereocenters. The number of hydrogen-bond acceptors (Lipinski definition) is 2. The minimum Gasteiger partial charge on any atom is -0.370 e. The SMILES string of the molecule is CC1(c2cccc3ccccc23)CC(=O)CCO1. The second-order valence-electron chi connectivity index (χ2n) is 5.07. The zero-order valence-corrected chi connectivity index (χ0v) is 10.5. The van der Waals surface area contributed by atoms with E-state index in [2.05, 4.69) is 24.3 Å². The van der Waals surface area contributed by atoms with Crippen molar-refractivity contribution in [1.82, 2.24) is 0 Å². The summed E-state index contributed by atoms with van der Waals surface area (Å²) in [6.07, 6.45) is 1.02. The van der Waals surface area contributed by atoms with Gasteiger partial charge in [0.15, 0.2) is 0 Å². The largest absolute Gasteiger partial charge is 0.370 e. The summed E-state index contributed by atoms with van der Waals surface area (Å²) in [4.78, 5) is 11.7. The number of benzene rings is 2. The summed E-state index contributed by atoms with van der Waals surface area (Å²) in [6, 6.07) is 14.4. The number of carbonyl (C=O) groups excluding carboxylic acids is 1. The third-order valence-corrected chi connectivity index (χ3v) is 3.70. The molecule has 2 aromatic rings. The molecule has 0 radical (unpaired) electrons. The van der Waals surface area contributed by atoms with Crippen LogP contribution in [0.25, 0.3) is 10.8 Å². The maximum absolute atomic E-state index is 11.7. The molecule has 3 rings (SSSR count). The Bertz CT molecular complexity index is 598. The van der Waals surface area contributed by atoms with Crippen LogP contribution in [0.1, 0.15) is 25.3 Å². The van der Waals surface area contributed by atoms with Crippen LogP contribution >= 0.6 is 0 Å². The Hall–Kier alpha value is -1.67. The highest BCUT2D eigenvalue weighted by Crippen LogP contribution is 2.37. The Morgan fingerprint density at radius 3 is 2.72 bits per heavy atom. The molecule has 2 aromatic carbocycles. The molecule has 0 aliphatic carbocycles. The second-order valence-corrected chi connectivity index (χ2v) is 5.07. The number of Topliss-reactive ketones (excluding diaryl/α,β-unsaturated/α-hetero) is 1. The van der Waals surface area contributed by atoms with Crippen LogP contribution in [-0.4, -0.2) is 12.4 Å². The van der Waals surface area contributed by atoms with E-state index in [4.69, 9.17) is 4.74 Å². The van der Waals surface area contributed by atoms with Crippen LogP contribution in [-0.2, 0) is 15.1 Å². The Morgan fingerprint density at radius 1 is 1.11 bits per heavy atom. The van der Waals surface area contributed by atoms with Gasteiger partial charge in [0.1, 0.15) is 5.78 Å². The molecule has 1 aliphatic heterocycles. The molecule has 1 fully saturated rings. The van der Waals surface area contributed by atoms with Crippen LogP contribution < -0.4 is 0 Å². The molecule has 0 saturated carbocycles. The second kappa shape index (κ2) is 4.21. The van der Waals surface area contributed by atoms with E-state index >= 15 is 0 Å². The molecule has 2 heteroatoms. The Morgan fingerprint density at radius 2 is 1.89 bits per heavy atom. The molecule has 1 aliphatic rings. The molecule has 0 spiro atoms. The number of carbonyl (C=O) groups is 1. The van der Waals surface area contributed by atoms with Gasteiger partial charge in [-0.1, -0.05) is 42.5 Å². The highest BCUT2D eigenvalue weighted by atomic mass is 16.5. The molecule has 2 nitrogen and oxygen atoms in total. The predicted octanol–water partition coefficient (Wildman–Crippen LogP) is 3.43. The van der Waals surface area contributed by atoms with Crippen LogP contribution in [0.3, 0.4) is 0 Å². The van der Waals surface area contributed by atoms with Gasteiger partial charge < -0.3 is 4.74 Å². The average molecular weight is 240 g/mol. The monoisotopic (exact) mass is 240 g/mol.